The van der Waals surface area contributed by atoms with Crippen LogP contribution in [0.15, 0.2) is 0 Å². The number of hydrogen-bond donors (Lipinski definition) is 3. The molecule has 1 rings (SSSR count). The average Bonchev–Trinajstić information content (AvgIpc) is 2.14. The Morgan fingerprint density at radius 2 is 1.94 bits per heavy atom. The van der Waals surface area contributed by atoms with E-state index >= 15 is 0 Å². The third-order valence-corrected chi connectivity index (χ3v) is 3.02. The fraction of sp³-hybridized carbons (Fsp3) is 0.917. The van der Waals surface area contributed by atoms with Crippen molar-refractivity contribution in [1.82, 2.24) is 5.32 Å². The summed E-state index contributed by atoms with van der Waals surface area (Å²) in [6, 6.07) is 0. The molecule has 0 aromatic carbocycles. The van der Waals surface area contributed by atoms with Gasteiger partial charge in [-0.2, -0.15) is 0 Å². The third kappa shape index (κ3) is 5.47. The van der Waals surface area contributed by atoms with E-state index < -0.39 is 5.54 Å². The Balaban J connectivity index is 2.17. The van der Waals surface area contributed by atoms with Crippen molar-refractivity contribution < 1.29 is 9.90 Å². The van der Waals surface area contributed by atoms with E-state index in [2.05, 4.69) is 5.32 Å². The second-order valence-corrected chi connectivity index (χ2v) is 5.64. The maximum atomic E-state index is 11.5. The van der Waals surface area contributed by atoms with Crippen molar-refractivity contribution in [2.75, 3.05) is 6.54 Å². The zero-order valence-corrected chi connectivity index (χ0v) is 10.3. The lowest BCUT2D eigenvalue weighted by atomic mass is 9.87. The van der Waals surface area contributed by atoms with Crippen LogP contribution >= 0.6 is 0 Å². The van der Waals surface area contributed by atoms with E-state index in [-0.39, 0.29) is 12.0 Å². The van der Waals surface area contributed by atoms with E-state index in [1.807, 2.05) is 13.8 Å². The van der Waals surface area contributed by atoms with Crippen LogP contribution in [0.5, 0.6) is 0 Å². The van der Waals surface area contributed by atoms with Crippen molar-refractivity contribution in [3.05, 3.63) is 0 Å². The van der Waals surface area contributed by atoms with Crippen LogP contribution in [-0.4, -0.2) is 29.2 Å². The highest BCUT2D eigenvalue weighted by atomic mass is 16.3. The van der Waals surface area contributed by atoms with Crippen molar-refractivity contribution in [3.8, 4) is 0 Å². The Bertz CT molecular complexity index is 228. The van der Waals surface area contributed by atoms with Gasteiger partial charge in [0.15, 0.2) is 0 Å². The SMILES string of the molecule is CC(C)(N)CC(=O)NCC1CCC(O)CC1. The minimum atomic E-state index is -0.438. The number of carbonyl (C=O) groups excluding carboxylic acids is 1. The Morgan fingerprint density at radius 3 is 2.44 bits per heavy atom. The molecule has 1 aliphatic carbocycles. The summed E-state index contributed by atoms with van der Waals surface area (Å²) in [5.74, 6) is 0.548. The first-order chi connectivity index (χ1) is 7.37. The molecule has 1 amide bonds. The summed E-state index contributed by atoms with van der Waals surface area (Å²) in [6.07, 6.45) is 3.98. The molecule has 0 aromatic heterocycles. The fourth-order valence-electron chi connectivity index (χ4n) is 2.08. The summed E-state index contributed by atoms with van der Waals surface area (Å²) >= 11 is 0. The molecule has 1 fully saturated rings. The van der Waals surface area contributed by atoms with Crippen molar-refractivity contribution in [2.24, 2.45) is 11.7 Å². The average molecular weight is 228 g/mol. The monoisotopic (exact) mass is 228 g/mol. The topological polar surface area (TPSA) is 75.4 Å². The normalized spacial score (nSPS) is 26.5. The molecule has 0 radical (unpaired) electrons. The molecule has 0 bridgehead atoms. The Labute approximate surface area is 97.6 Å². The second-order valence-electron chi connectivity index (χ2n) is 5.64. The van der Waals surface area contributed by atoms with Crippen molar-refractivity contribution in [1.29, 1.82) is 0 Å². The van der Waals surface area contributed by atoms with Crippen LogP contribution < -0.4 is 11.1 Å². The van der Waals surface area contributed by atoms with Crippen molar-refractivity contribution in [2.45, 2.75) is 57.6 Å². The van der Waals surface area contributed by atoms with Crippen LogP contribution in [0.3, 0.4) is 0 Å². The predicted molar refractivity (Wildman–Crippen MR) is 63.9 cm³/mol. The van der Waals surface area contributed by atoms with Gasteiger partial charge in [-0.3, -0.25) is 4.79 Å². The van der Waals surface area contributed by atoms with E-state index in [0.29, 0.717) is 12.3 Å². The second kappa shape index (κ2) is 5.64. The van der Waals surface area contributed by atoms with Crippen molar-refractivity contribution >= 4 is 5.91 Å². The van der Waals surface area contributed by atoms with E-state index in [1.165, 1.54) is 0 Å². The van der Waals surface area contributed by atoms with E-state index in [9.17, 15) is 9.90 Å². The summed E-state index contributed by atoms with van der Waals surface area (Å²) < 4.78 is 0. The zero-order chi connectivity index (χ0) is 12.2. The van der Waals surface area contributed by atoms with Gasteiger partial charge in [-0.05, 0) is 45.4 Å². The molecule has 0 unspecified atom stereocenters. The maximum absolute atomic E-state index is 11.5. The number of hydrogen-bond acceptors (Lipinski definition) is 3. The van der Waals surface area contributed by atoms with Gasteiger partial charge >= 0.3 is 0 Å². The van der Waals surface area contributed by atoms with Gasteiger partial charge in [0.1, 0.15) is 0 Å². The number of aliphatic hydroxyl groups excluding tert-OH is 1. The van der Waals surface area contributed by atoms with Gasteiger partial charge in [0, 0.05) is 18.5 Å². The van der Waals surface area contributed by atoms with Crippen LogP contribution in [-0.2, 0) is 4.79 Å². The lowest BCUT2D eigenvalue weighted by molar-refractivity contribution is -0.122. The number of nitrogens with two attached hydrogens (primary N) is 1. The Hall–Kier alpha value is -0.610. The molecule has 1 aliphatic rings. The van der Waals surface area contributed by atoms with E-state index in [4.69, 9.17) is 5.73 Å². The lowest BCUT2D eigenvalue weighted by Crippen LogP contribution is -2.40. The van der Waals surface area contributed by atoms with Crippen LogP contribution in [0.4, 0.5) is 0 Å². The molecule has 4 heteroatoms. The number of nitrogens with one attached hydrogen (secondary N) is 1. The van der Waals surface area contributed by atoms with Crippen LogP contribution in [0.1, 0.15) is 46.0 Å². The molecule has 0 aliphatic heterocycles. The highest BCUT2D eigenvalue weighted by molar-refractivity contribution is 5.77. The number of carbonyl (C=O) groups is 1. The Morgan fingerprint density at radius 1 is 1.38 bits per heavy atom. The summed E-state index contributed by atoms with van der Waals surface area (Å²) in [6.45, 7) is 4.43. The highest BCUT2D eigenvalue weighted by Crippen LogP contribution is 2.23. The van der Waals surface area contributed by atoms with E-state index in [0.717, 1.165) is 32.2 Å². The van der Waals surface area contributed by atoms with E-state index in [1.54, 1.807) is 0 Å². The molecule has 0 spiro atoms. The highest BCUT2D eigenvalue weighted by Gasteiger charge is 2.21. The molecule has 1 saturated carbocycles. The fourth-order valence-corrected chi connectivity index (χ4v) is 2.08. The third-order valence-electron chi connectivity index (χ3n) is 3.02. The molecule has 0 aromatic rings. The number of aliphatic hydroxyl groups is 1. The molecular weight excluding hydrogens is 204 g/mol. The Kier molecular flexibility index (Phi) is 4.74. The largest absolute Gasteiger partial charge is 0.393 e. The molecule has 16 heavy (non-hydrogen) atoms. The van der Waals surface area contributed by atoms with Crippen LogP contribution in [0, 0.1) is 5.92 Å². The summed E-state index contributed by atoms with van der Waals surface area (Å²) in [5, 5.41) is 12.3. The summed E-state index contributed by atoms with van der Waals surface area (Å²) in [7, 11) is 0. The number of rotatable bonds is 4. The van der Waals surface area contributed by atoms with Gasteiger partial charge in [-0.1, -0.05) is 0 Å². The molecule has 0 atom stereocenters. The first kappa shape index (κ1) is 13.5. The van der Waals surface area contributed by atoms with Gasteiger partial charge in [0.05, 0.1) is 6.10 Å². The first-order valence-corrected chi connectivity index (χ1v) is 6.10. The first-order valence-electron chi connectivity index (χ1n) is 6.10. The smallest absolute Gasteiger partial charge is 0.221 e. The number of amides is 1. The molecule has 4 N–H and O–H groups in total. The molecule has 94 valence electrons. The van der Waals surface area contributed by atoms with Gasteiger partial charge < -0.3 is 16.2 Å². The van der Waals surface area contributed by atoms with Gasteiger partial charge in [0.2, 0.25) is 5.91 Å². The van der Waals surface area contributed by atoms with Crippen LogP contribution in [0.2, 0.25) is 0 Å². The minimum absolute atomic E-state index is 0.0265. The summed E-state index contributed by atoms with van der Waals surface area (Å²) in [5.41, 5.74) is 5.33. The van der Waals surface area contributed by atoms with Crippen LogP contribution in [0.25, 0.3) is 0 Å². The standard InChI is InChI=1S/C12H24N2O2/c1-12(2,13)7-11(16)14-8-9-3-5-10(15)6-4-9/h9-10,15H,3-8,13H2,1-2H3,(H,14,16). The maximum Gasteiger partial charge on any atom is 0.221 e. The molecule has 0 saturated heterocycles. The molecular formula is C12H24N2O2. The lowest BCUT2D eigenvalue weighted by Gasteiger charge is -2.26. The zero-order valence-electron chi connectivity index (χ0n) is 10.3. The van der Waals surface area contributed by atoms with Gasteiger partial charge in [0.25, 0.3) is 0 Å². The van der Waals surface area contributed by atoms with Crippen molar-refractivity contribution in [3.63, 3.8) is 0 Å². The summed E-state index contributed by atoms with van der Waals surface area (Å²) in [4.78, 5) is 11.5. The molecule has 0 heterocycles. The predicted octanol–water partition coefficient (Wildman–Crippen LogP) is 0.781. The molecule has 4 nitrogen and oxygen atoms in total. The van der Waals surface area contributed by atoms with Gasteiger partial charge in [-0.25, -0.2) is 0 Å². The van der Waals surface area contributed by atoms with Gasteiger partial charge in [-0.15, -0.1) is 0 Å². The quantitative estimate of drug-likeness (QED) is 0.665. The minimum Gasteiger partial charge on any atom is -0.393 e.